The molecule has 2 rings (SSSR count). The van der Waals surface area contributed by atoms with Gasteiger partial charge in [-0.05, 0) is 49.7 Å². The average molecular weight is 327 g/mol. The molecule has 0 fully saturated rings. The van der Waals surface area contributed by atoms with Crippen molar-refractivity contribution in [1.29, 1.82) is 0 Å². The van der Waals surface area contributed by atoms with Crippen molar-refractivity contribution in [2.75, 3.05) is 11.1 Å². The lowest BCUT2D eigenvalue weighted by Crippen LogP contribution is -2.33. The molecule has 2 aromatic rings. The summed E-state index contributed by atoms with van der Waals surface area (Å²) in [5.74, 6) is -0.229. The van der Waals surface area contributed by atoms with Gasteiger partial charge >= 0.3 is 6.09 Å². The Morgan fingerprint density at radius 1 is 1.12 bits per heavy atom. The van der Waals surface area contributed by atoms with Crippen molar-refractivity contribution < 1.29 is 14.3 Å². The summed E-state index contributed by atoms with van der Waals surface area (Å²) in [6.45, 7) is 3.57. The summed E-state index contributed by atoms with van der Waals surface area (Å²) >= 11 is 0. The lowest BCUT2D eigenvalue weighted by molar-refractivity contribution is 0.0460. The maximum atomic E-state index is 12.2. The molecule has 0 heterocycles. The van der Waals surface area contributed by atoms with Crippen molar-refractivity contribution in [2.45, 2.75) is 25.9 Å². The number of ether oxygens (including phenoxy) is 1. The van der Waals surface area contributed by atoms with Crippen molar-refractivity contribution in [3.05, 3.63) is 59.7 Å². The van der Waals surface area contributed by atoms with Gasteiger partial charge in [-0.25, -0.2) is 4.79 Å². The summed E-state index contributed by atoms with van der Waals surface area (Å²) in [7, 11) is 0. The molecule has 0 aliphatic rings. The number of nitrogens with one attached hydrogen (secondary N) is 1. The second-order valence-electron chi connectivity index (χ2n) is 6.13. The number of benzene rings is 2. The first kappa shape index (κ1) is 17.3. The smallest absolute Gasteiger partial charge is 0.405 e. The molecule has 0 aliphatic heterocycles. The lowest BCUT2D eigenvalue weighted by atomic mass is 9.98. The Balaban J connectivity index is 2.02. The lowest BCUT2D eigenvalue weighted by Gasteiger charge is -2.24. The van der Waals surface area contributed by atoms with Crippen LogP contribution in [0.1, 0.15) is 29.8 Å². The Kier molecular flexibility index (Phi) is 5.08. The zero-order chi connectivity index (χ0) is 17.7. The van der Waals surface area contributed by atoms with E-state index in [1.54, 1.807) is 50.2 Å². The van der Waals surface area contributed by atoms with Gasteiger partial charge in [0.2, 0.25) is 0 Å². The number of amides is 2. The fraction of sp³-hybridized carbons (Fsp3) is 0.222. The SMILES string of the molecule is CC(C)(Cc1ccc(NC(=O)c2cccc(N)c2)cc1)OC(N)=O. The van der Waals surface area contributed by atoms with Crippen LogP contribution in [0.3, 0.4) is 0 Å². The van der Waals surface area contributed by atoms with E-state index in [0.717, 1.165) is 5.56 Å². The summed E-state index contributed by atoms with van der Waals surface area (Å²) in [6.07, 6.45) is -0.287. The highest BCUT2D eigenvalue weighted by Gasteiger charge is 2.22. The van der Waals surface area contributed by atoms with E-state index >= 15 is 0 Å². The van der Waals surface area contributed by atoms with Gasteiger partial charge in [-0.2, -0.15) is 0 Å². The number of hydrogen-bond donors (Lipinski definition) is 3. The number of carbonyl (C=O) groups is 2. The molecular weight excluding hydrogens is 306 g/mol. The van der Waals surface area contributed by atoms with Crippen LogP contribution in [0.5, 0.6) is 0 Å². The van der Waals surface area contributed by atoms with Crippen molar-refractivity contribution in [3.63, 3.8) is 0 Å². The Labute approximate surface area is 140 Å². The molecule has 24 heavy (non-hydrogen) atoms. The number of hydrogen-bond acceptors (Lipinski definition) is 4. The molecular formula is C18H21N3O3. The molecule has 0 saturated carbocycles. The maximum absolute atomic E-state index is 12.2. The average Bonchev–Trinajstić information content (AvgIpc) is 2.47. The Morgan fingerprint density at radius 2 is 1.79 bits per heavy atom. The molecule has 0 spiro atoms. The number of nitrogen functional groups attached to an aromatic ring is 1. The molecule has 126 valence electrons. The van der Waals surface area contributed by atoms with E-state index < -0.39 is 11.7 Å². The first-order valence-electron chi connectivity index (χ1n) is 7.49. The van der Waals surface area contributed by atoms with Crippen LogP contribution in [0, 0.1) is 0 Å². The van der Waals surface area contributed by atoms with Gasteiger partial charge in [0.05, 0.1) is 0 Å². The van der Waals surface area contributed by atoms with E-state index in [4.69, 9.17) is 16.2 Å². The van der Waals surface area contributed by atoms with Crippen LogP contribution in [0.2, 0.25) is 0 Å². The van der Waals surface area contributed by atoms with Gasteiger partial charge in [-0.15, -0.1) is 0 Å². The summed E-state index contributed by atoms with van der Waals surface area (Å²) in [5, 5.41) is 2.81. The quantitative estimate of drug-likeness (QED) is 0.734. The van der Waals surface area contributed by atoms with Crippen molar-refractivity contribution >= 4 is 23.4 Å². The first-order valence-corrected chi connectivity index (χ1v) is 7.49. The summed E-state index contributed by atoms with van der Waals surface area (Å²) in [4.78, 5) is 23.0. The van der Waals surface area contributed by atoms with Gasteiger partial charge in [0, 0.05) is 23.4 Å². The van der Waals surface area contributed by atoms with Crippen LogP contribution < -0.4 is 16.8 Å². The predicted octanol–water partition coefficient (Wildman–Crippen LogP) is 2.94. The highest BCUT2D eigenvalue weighted by Crippen LogP contribution is 2.19. The Hall–Kier alpha value is -3.02. The zero-order valence-electron chi connectivity index (χ0n) is 13.7. The van der Waals surface area contributed by atoms with Gasteiger partial charge in [0.15, 0.2) is 0 Å². The van der Waals surface area contributed by atoms with Crippen LogP contribution in [-0.4, -0.2) is 17.6 Å². The van der Waals surface area contributed by atoms with Crippen molar-refractivity contribution in [2.24, 2.45) is 5.73 Å². The molecule has 0 radical (unpaired) electrons. The molecule has 0 atom stereocenters. The van der Waals surface area contributed by atoms with Crippen LogP contribution >= 0.6 is 0 Å². The van der Waals surface area contributed by atoms with Crippen molar-refractivity contribution in [3.8, 4) is 0 Å². The number of primary amides is 1. The minimum Gasteiger partial charge on any atom is -0.443 e. The topological polar surface area (TPSA) is 107 Å². The molecule has 2 aromatic carbocycles. The second-order valence-corrected chi connectivity index (χ2v) is 6.13. The third kappa shape index (κ3) is 5.01. The fourth-order valence-electron chi connectivity index (χ4n) is 2.39. The van der Waals surface area contributed by atoms with E-state index in [9.17, 15) is 9.59 Å². The second kappa shape index (κ2) is 7.04. The highest BCUT2D eigenvalue weighted by atomic mass is 16.6. The van der Waals surface area contributed by atoms with Crippen molar-refractivity contribution in [1.82, 2.24) is 0 Å². The number of nitrogens with two attached hydrogens (primary N) is 2. The van der Waals surface area contributed by atoms with Crippen LogP contribution in [0.15, 0.2) is 48.5 Å². The third-order valence-electron chi connectivity index (χ3n) is 3.37. The monoisotopic (exact) mass is 327 g/mol. The van der Waals surface area contributed by atoms with Gasteiger partial charge in [0.25, 0.3) is 5.91 Å². The molecule has 5 N–H and O–H groups in total. The van der Waals surface area contributed by atoms with Crippen LogP contribution in [-0.2, 0) is 11.2 Å². The molecule has 0 aliphatic carbocycles. The molecule has 6 heteroatoms. The number of carbonyl (C=O) groups excluding carboxylic acids is 2. The van der Waals surface area contributed by atoms with Gasteiger partial charge < -0.3 is 21.5 Å². The maximum Gasteiger partial charge on any atom is 0.405 e. The zero-order valence-corrected chi connectivity index (χ0v) is 13.7. The largest absolute Gasteiger partial charge is 0.443 e. The number of rotatable bonds is 5. The van der Waals surface area contributed by atoms with E-state index in [-0.39, 0.29) is 5.91 Å². The minimum atomic E-state index is -0.800. The fourth-order valence-corrected chi connectivity index (χ4v) is 2.39. The summed E-state index contributed by atoms with van der Waals surface area (Å²) in [5.41, 5.74) is 12.7. The van der Waals surface area contributed by atoms with E-state index in [2.05, 4.69) is 5.32 Å². The molecule has 0 bridgehead atoms. The minimum absolute atomic E-state index is 0.229. The molecule has 0 aromatic heterocycles. The van der Waals surface area contributed by atoms with Gasteiger partial charge in [-0.1, -0.05) is 18.2 Å². The molecule has 6 nitrogen and oxygen atoms in total. The van der Waals surface area contributed by atoms with E-state index in [0.29, 0.717) is 23.4 Å². The normalized spacial score (nSPS) is 10.9. The summed E-state index contributed by atoms with van der Waals surface area (Å²) in [6, 6.07) is 14.1. The van der Waals surface area contributed by atoms with Gasteiger partial charge in [0.1, 0.15) is 5.60 Å². The predicted molar refractivity (Wildman–Crippen MR) is 93.7 cm³/mol. The van der Waals surface area contributed by atoms with E-state index in [1.165, 1.54) is 0 Å². The standard InChI is InChI=1S/C18H21N3O3/c1-18(2,24-17(20)23)11-12-6-8-15(9-7-12)21-16(22)13-4-3-5-14(19)10-13/h3-10H,11,19H2,1-2H3,(H2,20,23)(H,21,22). The molecule has 0 unspecified atom stereocenters. The van der Waals surface area contributed by atoms with Crippen LogP contribution in [0.4, 0.5) is 16.2 Å². The summed E-state index contributed by atoms with van der Waals surface area (Å²) < 4.78 is 5.06. The van der Waals surface area contributed by atoms with Crippen LogP contribution in [0.25, 0.3) is 0 Å². The Bertz CT molecular complexity index is 739. The van der Waals surface area contributed by atoms with E-state index in [1.807, 2.05) is 12.1 Å². The molecule has 2 amide bonds. The molecule has 0 saturated heterocycles. The number of anilines is 2. The highest BCUT2D eigenvalue weighted by molar-refractivity contribution is 6.04. The third-order valence-corrected chi connectivity index (χ3v) is 3.37. The van der Waals surface area contributed by atoms with Gasteiger partial charge in [-0.3, -0.25) is 4.79 Å². The Morgan fingerprint density at radius 3 is 2.38 bits per heavy atom. The first-order chi connectivity index (χ1) is 11.2.